The molecule has 0 N–H and O–H groups in total. The van der Waals surface area contributed by atoms with Crippen molar-refractivity contribution in [2.45, 2.75) is 5.41 Å². The van der Waals surface area contributed by atoms with Crippen LogP contribution in [0.2, 0.25) is 0 Å². The number of nitro groups is 1. The summed E-state index contributed by atoms with van der Waals surface area (Å²) < 4.78 is 6.37. The first kappa shape index (κ1) is 19.7. The van der Waals surface area contributed by atoms with E-state index in [1.54, 1.807) is 12.1 Å². The Morgan fingerprint density at radius 2 is 1.11 bits per heavy atom. The van der Waals surface area contributed by atoms with E-state index in [1.807, 2.05) is 54.6 Å². The third-order valence-electron chi connectivity index (χ3n) is 7.26. The lowest BCUT2D eigenvalue weighted by molar-refractivity contribution is -0.384. The number of hydrogen-bond acceptors (Lipinski definition) is 3. The van der Waals surface area contributed by atoms with Crippen molar-refractivity contribution in [2.75, 3.05) is 0 Å². The van der Waals surface area contributed by atoms with Crippen LogP contribution in [0.4, 0.5) is 5.69 Å². The van der Waals surface area contributed by atoms with E-state index in [0.29, 0.717) is 5.56 Å². The van der Waals surface area contributed by atoms with Crippen molar-refractivity contribution in [3.8, 4) is 33.8 Å². The quantitative estimate of drug-likeness (QED) is 0.199. The number of benzene rings is 5. The van der Waals surface area contributed by atoms with Crippen LogP contribution in [0.25, 0.3) is 22.3 Å². The second-order valence-electron chi connectivity index (χ2n) is 8.92. The van der Waals surface area contributed by atoms with Gasteiger partial charge in [0.05, 0.1) is 15.9 Å². The molecule has 2 aliphatic rings. The number of rotatable bonds is 2. The molecule has 0 amide bonds. The summed E-state index contributed by atoms with van der Waals surface area (Å²) in [5.74, 6) is 1.65. The Balaban J connectivity index is 1.62. The zero-order valence-electron chi connectivity index (χ0n) is 18.6. The van der Waals surface area contributed by atoms with E-state index in [4.69, 9.17) is 4.74 Å². The Morgan fingerprint density at radius 3 is 1.80 bits per heavy atom. The van der Waals surface area contributed by atoms with Crippen molar-refractivity contribution in [1.29, 1.82) is 0 Å². The fourth-order valence-corrected chi connectivity index (χ4v) is 5.90. The maximum Gasteiger partial charge on any atom is 0.277 e. The third kappa shape index (κ3) is 2.56. The molecule has 0 aromatic heterocycles. The van der Waals surface area contributed by atoms with Crippen LogP contribution in [0.15, 0.2) is 115 Å². The summed E-state index contributed by atoms with van der Waals surface area (Å²) in [4.78, 5) is 11.5. The molecular weight excluding hydrogens is 434 g/mol. The normalized spacial score (nSPS) is 13.8. The van der Waals surface area contributed by atoms with Gasteiger partial charge >= 0.3 is 0 Å². The average Bonchev–Trinajstić information content (AvgIpc) is 3.19. The van der Waals surface area contributed by atoms with E-state index in [-0.39, 0.29) is 10.6 Å². The zero-order valence-corrected chi connectivity index (χ0v) is 18.6. The molecule has 0 fully saturated rings. The molecule has 5 aromatic carbocycles. The summed E-state index contributed by atoms with van der Waals surface area (Å²) in [6.45, 7) is 0. The van der Waals surface area contributed by atoms with Crippen molar-refractivity contribution < 1.29 is 9.66 Å². The van der Waals surface area contributed by atoms with Crippen LogP contribution < -0.4 is 4.74 Å². The third-order valence-corrected chi connectivity index (χ3v) is 7.26. The minimum atomic E-state index is -0.586. The first-order valence-electron chi connectivity index (χ1n) is 11.5. The maximum absolute atomic E-state index is 11.8. The van der Waals surface area contributed by atoms with E-state index in [9.17, 15) is 10.1 Å². The van der Waals surface area contributed by atoms with Crippen LogP contribution in [-0.2, 0) is 5.41 Å². The fraction of sp³-hybridized carbons (Fsp3) is 0.0323. The molecule has 35 heavy (non-hydrogen) atoms. The number of nitrogens with zero attached hydrogens (tertiary/aromatic N) is 1. The van der Waals surface area contributed by atoms with Crippen LogP contribution in [0.3, 0.4) is 0 Å². The summed E-state index contributed by atoms with van der Waals surface area (Å²) in [5.41, 5.74) is 7.70. The van der Waals surface area contributed by atoms with E-state index in [1.165, 1.54) is 11.1 Å². The maximum atomic E-state index is 11.8. The Kier molecular flexibility index (Phi) is 4.03. The highest BCUT2D eigenvalue weighted by Crippen LogP contribution is 2.62. The van der Waals surface area contributed by atoms with E-state index in [0.717, 1.165) is 39.3 Å². The van der Waals surface area contributed by atoms with Gasteiger partial charge in [-0.2, -0.15) is 0 Å². The molecule has 4 heteroatoms. The molecule has 1 aliphatic carbocycles. The lowest BCUT2D eigenvalue weighted by Crippen LogP contribution is -2.32. The minimum absolute atomic E-state index is 0.102. The van der Waals surface area contributed by atoms with E-state index < -0.39 is 5.41 Å². The van der Waals surface area contributed by atoms with Gasteiger partial charge in [-0.25, -0.2) is 0 Å². The van der Waals surface area contributed by atoms with Gasteiger partial charge < -0.3 is 4.74 Å². The summed E-state index contributed by atoms with van der Waals surface area (Å²) in [6.07, 6.45) is 0. The van der Waals surface area contributed by atoms with Gasteiger partial charge in [0.15, 0.2) is 0 Å². The van der Waals surface area contributed by atoms with Gasteiger partial charge in [-0.3, -0.25) is 10.1 Å². The summed E-state index contributed by atoms with van der Waals surface area (Å²) >= 11 is 0. The second kappa shape index (κ2) is 7.15. The lowest BCUT2D eigenvalue weighted by atomic mass is 9.66. The molecule has 0 bridgehead atoms. The van der Waals surface area contributed by atoms with Crippen molar-refractivity contribution in [2.24, 2.45) is 0 Å². The lowest BCUT2D eigenvalue weighted by Gasteiger charge is -2.39. The molecule has 0 saturated carbocycles. The average molecular weight is 453 g/mol. The summed E-state index contributed by atoms with van der Waals surface area (Å²) in [6, 6.07) is 38.0. The van der Waals surface area contributed by atoms with Gasteiger partial charge in [-0.1, -0.05) is 84.9 Å². The molecule has 1 heterocycles. The fourth-order valence-electron chi connectivity index (χ4n) is 5.90. The predicted octanol–water partition coefficient (Wildman–Crippen LogP) is 7.73. The van der Waals surface area contributed by atoms with E-state index in [2.05, 4.69) is 48.5 Å². The van der Waals surface area contributed by atoms with Gasteiger partial charge in [-0.05, 0) is 52.1 Å². The Morgan fingerprint density at radius 1 is 0.571 bits per heavy atom. The van der Waals surface area contributed by atoms with Gasteiger partial charge in [0, 0.05) is 17.2 Å². The SMILES string of the molecule is O=[N+]([O-])c1ccccc1-c1ccc2c(c1)C1(c3ccccc3Oc3ccccc31)c1ccccc1-2. The van der Waals surface area contributed by atoms with Crippen LogP contribution in [0, 0.1) is 10.1 Å². The van der Waals surface area contributed by atoms with Crippen LogP contribution in [0.5, 0.6) is 11.5 Å². The molecule has 5 aromatic rings. The molecule has 0 unspecified atom stereocenters. The monoisotopic (exact) mass is 453 g/mol. The van der Waals surface area contributed by atoms with E-state index >= 15 is 0 Å². The molecule has 0 radical (unpaired) electrons. The second-order valence-corrected chi connectivity index (χ2v) is 8.92. The molecule has 0 atom stereocenters. The highest BCUT2D eigenvalue weighted by atomic mass is 16.6. The summed E-state index contributed by atoms with van der Waals surface area (Å²) in [7, 11) is 0. The van der Waals surface area contributed by atoms with Gasteiger partial charge in [0.25, 0.3) is 5.69 Å². The number of nitro benzene ring substituents is 1. The van der Waals surface area contributed by atoms with Gasteiger partial charge in [0.2, 0.25) is 0 Å². The Hall–Kier alpha value is -4.70. The molecule has 4 nitrogen and oxygen atoms in total. The van der Waals surface area contributed by atoms with Gasteiger partial charge in [-0.15, -0.1) is 0 Å². The molecule has 166 valence electrons. The molecule has 1 spiro atoms. The van der Waals surface area contributed by atoms with Crippen molar-refractivity contribution in [3.63, 3.8) is 0 Å². The number of para-hydroxylation sites is 3. The van der Waals surface area contributed by atoms with Crippen molar-refractivity contribution in [1.82, 2.24) is 0 Å². The number of hydrogen-bond donors (Lipinski definition) is 0. The minimum Gasteiger partial charge on any atom is -0.457 e. The number of ether oxygens (including phenoxy) is 1. The molecule has 7 rings (SSSR count). The molecule has 1 aliphatic heterocycles. The first-order valence-corrected chi connectivity index (χ1v) is 11.5. The molecule has 0 saturated heterocycles. The van der Waals surface area contributed by atoms with Gasteiger partial charge in [0.1, 0.15) is 11.5 Å². The standard InChI is InChI=1S/C31H19NO3/c33-32(34)28-14-6-2-9-21(28)20-17-18-23-22-10-1-3-11-24(22)31(27(23)19-20)25-12-4-7-15-29(25)35-30-16-8-5-13-26(30)31/h1-19H. The highest BCUT2D eigenvalue weighted by molar-refractivity contribution is 5.90. The zero-order chi connectivity index (χ0) is 23.6. The van der Waals surface area contributed by atoms with Crippen LogP contribution in [0.1, 0.15) is 22.3 Å². The largest absolute Gasteiger partial charge is 0.457 e. The van der Waals surface area contributed by atoms with Crippen LogP contribution >= 0.6 is 0 Å². The predicted molar refractivity (Wildman–Crippen MR) is 136 cm³/mol. The van der Waals surface area contributed by atoms with Crippen molar-refractivity contribution >= 4 is 5.69 Å². The first-order chi connectivity index (χ1) is 17.2. The van der Waals surface area contributed by atoms with Crippen molar-refractivity contribution in [3.05, 3.63) is 148 Å². The topological polar surface area (TPSA) is 52.4 Å². The Bertz CT molecular complexity index is 1620. The smallest absolute Gasteiger partial charge is 0.277 e. The number of fused-ring (bicyclic) bond motifs is 9. The highest BCUT2D eigenvalue weighted by Gasteiger charge is 2.51. The molecular formula is C31H19NO3. The van der Waals surface area contributed by atoms with Crippen LogP contribution in [-0.4, -0.2) is 4.92 Å². The Labute approximate surface area is 202 Å². The summed E-state index contributed by atoms with van der Waals surface area (Å²) in [5, 5.41) is 11.8.